The molecule has 1 saturated carbocycles. The number of hydrogen-bond acceptors (Lipinski definition) is 18. The maximum atomic E-state index is 14.2. The topological polar surface area (TPSA) is 231 Å². The first-order chi connectivity index (χ1) is 37.3. The zero-order chi connectivity index (χ0) is 53.3. The van der Waals surface area contributed by atoms with Gasteiger partial charge in [-0.1, -0.05) is 50.2 Å². The summed E-state index contributed by atoms with van der Waals surface area (Å²) in [6, 6.07) is 22.4. The van der Waals surface area contributed by atoms with Gasteiger partial charge in [-0.3, -0.25) is 14.5 Å². The third kappa shape index (κ3) is 11.4. The molecule has 4 aliphatic heterocycles. The normalized spacial score (nSPS) is 23.5. The van der Waals surface area contributed by atoms with E-state index in [2.05, 4.69) is 57.5 Å². The molecular weight excluding hydrogens is 999 g/mol. The molecule has 2 unspecified atom stereocenters. The highest BCUT2D eigenvalue weighted by molar-refractivity contribution is 7.13. The van der Waals surface area contributed by atoms with Gasteiger partial charge in [0.25, 0.3) is 5.88 Å². The van der Waals surface area contributed by atoms with Crippen LogP contribution in [0.3, 0.4) is 0 Å². The maximum absolute atomic E-state index is 14.2. The monoisotopic (exact) mass is 1070 g/mol. The third-order valence-corrected chi connectivity index (χ3v) is 17.1. The molecule has 2 aromatic carbocycles. The summed E-state index contributed by atoms with van der Waals surface area (Å²) in [5.74, 6) is 0.338. The number of aromatic hydroxyl groups is 1. The van der Waals surface area contributed by atoms with Crippen molar-refractivity contribution in [3.8, 4) is 39.2 Å². The number of aromatic nitrogens is 5. The molecule has 11 rings (SSSR count). The van der Waals surface area contributed by atoms with Crippen molar-refractivity contribution in [3.63, 3.8) is 0 Å². The molecule has 6 aromatic rings. The molecule has 8 heterocycles. The number of aryl methyl sites for hydroxylation is 1. The second-order valence-electron chi connectivity index (χ2n) is 21.7. The largest absolute Gasteiger partial charge is 0.507 e. The fraction of sp³-hybridized carbons (Fsp3) is 0.491. The van der Waals surface area contributed by atoms with E-state index in [1.54, 1.807) is 29.5 Å². The first kappa shape index (κ1) is 52.2. The SMILES string of the molecule is Cc1ncsc1-c1ccc([C@H](C)NC(=O)[C@@H]2C[C@H](O)CN2C(=O)[C@@H](c2cc(OCCN3CCC(OC4CC(Oc5cc(N6C7CCC6CN(c6cc(-c8ccccc8O)nnc6N)C7)ccn5)C4)CC3)no2)C(C)C)cc1. The number of fused-ring (bicyclic) bond motifs is 2. The summed E-state index contributed by atoms with van der Waals surface area (Å²) < 4.78 is 24.8. The number of ether oxygens (including phenoxy) is 3. The Labute approximate surface area is 452 Å². The van der Waals surface area contributed by atoms with Crippen molar-refractivity contribution in [1.29, 1.82) is 0 Å². The van der Waals surface area contributed by atoms with Gasteiger partial charge in [0.15, 0.2) is 11.6 Å². The molecule has 5 aliphatic rings. The molecule has 0 spiro atoms. The van der Waals surface area contributed by atoms with E-state index in [9.17, 15) is 19.8 Å². The van der Waals surface area contributed by atoms with Crippen LogP contribution in [-0.2, 0) is 14.3 Å². The van der Waals surface area contributed by atoms with Crippen LogP contribution in [0.15, 0.2) is 89.0 Å². The fourth-order valence-corrected chi connectivity index (χ4v) is 12.7. The number of β-amino-alcohol motifs (C(OH)–C–C–N with tert-alkyl or cyclic N) is 1. The summed E-state index contributed by atoms with van der Waals surface area (Å²) in [5.41, 5.74) is 14.4. The summed E-state index contributed by atoms with van der Waals surface area (Å²) in [5, 5.41) is 37.0. The van der Waals surface area contributed by atoms with Crippen LogP contribution in [-0.4, -0.2) is 146 Å². The zero-order valence-corrected chi connectivity index (χ0v) is 44.9. The molecule has 19 nitrogen and oxygen atoms in total. The van der Waals surface area contributed by atoms with Crippen molar-refractivity contribution >= 4 is 40.3 Å². The minimum absolute atomic E-state index is 0.0528. The predicted octanol–water partition coefficient (Wildman–Crippen LogP) is 7.15. The Bertz CT molecular complexity index is 3000. The Hall–Kier alpha value is -6.87. The molecule has 4 aromatic heterocycles. The Morgan fingerprint density at radius 1 is 0.883 bits per heavy atom. The van der Waals surface area contributed by atoms with E-state index in [4.69, 9.17) is 24.5 Å². The molecule has 2 amide bonds. The number of aliphatic hydroxyl groups is 1. The lowest BCUT2D eigenvalue weighted by Crippen LogP contribution is -2.54. The number of carbonyl (C=O) groups is 2. The molecule has 406 valence electrons. The van der Waals surface area contributed by atoms with Gasteiger partial charge >= 0.3 is 0 Å². The summed E-state index contributed by atoms with van der Waals surface area (Å²) >= 11 is 1.59. The second-order valence-corrected chi connectivity index (χ2v) is 22.6. The number of phenols is 1. The summed E-state index contributed by atoms with van der Waals surface area (Å²) in [6.45, 7) is 12.3. The number of nitrogens with two attached hydrogens (primary N) is 1. The maximum Gasteiger partial charge on any atom is 0.254 e. The van der Waals surface area contributed by atoms with Gasteiger partial charge in [0, 0.05) is 100 Å². The number of para-hydroxylation sites is 1. The first-order valence-electron chi connectivity index (χ1n) is 27.2. The van der Waals surface area contributed by atoms with Gasteiger partial charge in [0.2, 0.25) is 17.7 Å². The molecule has 77 heavy (non-hydrogen) atoms. The second kappa shape index (κ2) is 22.6. The van der Waals surface area contributed by atoms with Crippen LogP contribution in [0.4, 0.5) is 17.2 Å². The number of piperazine rings is 1. The van der Waals surface area contributed by atoms with Crippen LogP contribution in [0, 0.1) is 12.8 Å². The van der Waals surface area contributed by atoms with Crippen molar-refractivity contribution in [2.45, 2.75) is 127 Å². The van der Waals surface area contributed by atoms with Gasteiger partial charge in [-0.25, -0.2) is 9.97 Å². The quantitative estimate of drug-likeness (QED) is 0.0669. The number of rotatable bonds is 18. The van der Waals surface area contributed by atoms with Crippen LogP contribution < -0.4 is 30.3 Å². The number of thiazole rings is 1. The number of pyridine rings is 1. The van der Waals surface area contributed by atoms with Crippen LogP contribution in [0.2, 0.25) is 0 Å². The summed E-state index contributed by atoms with van der Waals surface area (Å²) in [7, 11) is 0. The Morgan fingerprint density at radius 3 is 2.38 bits per heavy atom. The van der Waals surface area contributed by atoms with E-state index >= 15 is 0 Å². The molecule has 6 atom stereocenters. The van der Waals surface area contributed by atoms with E-state index in [0.717, 1.165) is 97.8 Å². The molecule has 5 fully saturated rings. The van der Waals surface area contributed by atoms with Crippen molar-refractivity contribution in [1.82, 2.24) is 40.4 Å². The first-order valence-corrected chi connectivity index (χ1v) is 28.0. The zero-order valence-electron chi connectivity index (χ0n) is 44.1. The smallest absolute Gasteiger partial charge is 0.254 e. The number of aliphatic hydroxyl groups excluding tert-OH is 1. The van der Waals surface area contributed by atoms with E-state index in [0.29, 0.717) is 47.7 Å². The van der Waals surface area contributed by atoms with Crippen LogP contribution in [0.1, 0.15) is 94.7 Å². The third-order valence-electron chi connectivity index (χ3n) is 16.1. The number of hydrogen-bond donors (Lipinski definition) is 4. The van der Waals surface area contributed by atoms with E-state index in [1.165, 1.54) is 4.90 Å². The predicted molar refractivity (Wildman–Crippen MR) is 292 cm³/mol. The van der Waals surface area contributed by atoms with E-state index in [-0.39, 0.29) is 72.9 Å². The Balaban J connectivity index is 0.601. The number of likely N-dealkylation sites (tertiary alicyclic amines) is 2. The van der Waals surface area contributed by atoms with Crippen molar-refractivity contribution < 1.29 is 38.5 Å². The van der Waals surface area contributed by atoms with E-state index < -0.39 is 18.1 Å². The standard InChI is InChI=1S/C57H69N11O8S/c1-33(2)53(57(72)67-31-41(69)24-48(67)56(71)61-34(3)36-9-11-37(12-10-36)54-35(4)60-32-77-54)50-28-52(64-76-50)73-22-21-65-19-16-42(17-20-65)74-43-25-44(26-43)75-51-23-38(15-18-59-51)68-39-13-14-40(68)30-66(29-39)47-27-46(62-63-55(47)58)45-7-5-6-8-49(45)70/h5-12,15,18,23,27-28,32-34,39-44,48,53,69-70H,13-14,16-17,19-22,24-26,29-31H2,1-4H3,(H2,58,63)(H,61,71)/t34-,39?,40?,41-,43?,44?,48-,53+/m0/s1. The number of phenolic OH excluding ortho intramolecular Hbond substituents is 1. The lowest BCUT2D eigenvalue weighted by atomic mass is 9.91. The van der Waals surface area contributed by atoms with Crippen molar-refractivity contribution in [3.05, 3.63) is 102 Å². The van der Waals surface area contributed by atoms with Crippen molar-refractivity contribution in [2.24, 2.45) is 5.92 Å². The lowest BCUT2D eigenvalue weighted by molar-refractivity contribution is -0.141. The molecule has 20 heteroatoms. The Kier molecular flexibility index (Phi) is 15.3. The minimum atomic E-state index is -0.830. The van der Waals surface area contributed by atoms with Crippen LogP contribution in [0.25, 0.3) is 21.7 Å². The van der Waals surface area contributed by atoms with Crippen molar-refractivity contribution in [2.75, 3.05) is 61.4 Å². The number of benzene rings is 2. The minimum Gasteiger partial charge on any atom is -0.507 e. The summed E-state index contributed by atoms with van der Waals surface area (Å²) in [4.78, 5) is 46.7. The molecule has 2 bridgehead atoms. The number of carbonyl (C=O) groups excluding carboxylic acids is 2. The molecular formula is C57H69N11O8S. The average molecular weight is 1070 g/mol. The molecule has 4 saturated heterocycles. The van der Waals surface area contributed by atoms with E-state index in [1.807, 2.05) is 81.9 Å². The van der Waals surface area contributed by atoms with Crippen LogP contribution in [0.5, 0.6) is 17.5 Å². The molecule has 1 aliphatic carbocycles. The summed E-state index contributed by atoms with van der Waals surface area (Å²) in [6.07, 6.45) is 7.23. The highest BCUT2D eigenvalue weighted by atomic mass is 32.1. The number of anilines is 3. The van der Waals surface area contributed by atoms with Gasteiger partial charge in [-0.05, 0) is 86.0 Å². The van der Waals surface area contributed by atoms with Gasteiger partial charge in [0.05, 0.1) is 51.8 Å². The molecule has 0 radical (unpaired) electrons. The van der Waals surface area contributed by atoms with Crippen LogP contribution >= 0.6 is 11.3 Å². The highest BCUT2D eigenvalue weighted by Crippen LogP contribution is 2.41. The van der Waals surface area contributed by atoms with Gasteiger partial charge < -0.3 is 54.7 Å². The number of nitrogen functional groups attached to an aromatic ring is 1. The van der Waals surface area contributed by atoms with Gasteiger partial charge in [0.1, 0.15) is 30.4 Å². The number of nitrogens with one attached hydrogen (secondary N) is 1. The average Bonchev–Trinajstić information content (AvgIpc) is 4.22. The molecule has 5 N–H and O–H groups in total. The number of amides is 2. The highest BCUT2D eigenvalue weighted by Gasteiger charge is 2.45. The number of nitrogens with zero attached hydrogens (tertiary/aromatic N) is 9. The van der Waals surface area contributed by atoms with Gasteiger partial charge in [-0.15, -0.1) is 21.5 Å². The van der Waals surface area contributed by atoms with Gasteiger partial charge in [-0.2, -0.15) is 0 Å². The Morgan fingerprint density at radius 2 is 1.65 bits per heavy atom. The number of piperidine rings is 1. The fourth-order valence-electron chi connectivity index (χ4n) is 11.9. The lowest BCUT2D eigenvalue weighted by Gasteiger charge is -2.43.